The molecule has 0 saturated heterocycles. The number of carbonyl (C=O) groups excluding carboxylic acids is 3. The van der Waals surface area contributed by atoms with Crippen molar-refractivity contribution in [2.24, 2.45) is 0 Å². The van der Waals surface area contributed by atoms with Crippen molar-refractivity contribution in [2.75, 3.05) is 19.8 Å². The van der Waals surface area contributed by atoms with Crippen molar-refractivity contribution in [1.82, 2.24) is 0 Å². The van der Waals surface area contributed by atoms with Crippen LogP contribution in [0.4, 0.5) is 0 Å². The monoisotopic (exact) mass is 334 g/mol. The summed E-state index contributed by atoms with van der Waals surface area (Å²) in [5.74, 6) is -1.52. The molecule has 0 aliphatic heterocycles. The van der Waals surface area contributed by atoms with Crippen molar-refractivity contribution >= 4 is 41.4 Å². The Kier molecular flexibility index (Phi) is 7.14. The fraction of sp³-hybridized carbons (Fsp3) is 0.308. The van der Waals surface area contributed by atoms with Gasteiger partial charge in [-0.2, -0.15) is 0 Å². The van der Waals surface area contributed by atoms with Crippen molar-refractivity contribution in [1.29, 1.82) is 0 Å². The molecule has 6 nitrogen and oxygen atoms in total. The van der Waals surface area contributed by atoms with Gasteiger partial charge in [0.25, 0.3) is 0 Å². The molecule has 0 heterocycles. The number of hydrogen-bond donors (Lipinski definition) is 0. The third-order valence-corrected chi connectivity index (χ3v) is 2.62. The first-order valence-corrected chi connectivity index (χ1v) is 6.61. The molecule has 8 heteroatoms. The van der Waals surface area contributed by atoms with Crippen molar-refractivity contribution in [3.8, 4) is 5.75 Å². The van der Waals surface area contributed by atoms with Crippen molar-refractivity contribution in [3.05, 3.63) is 27.7 Å². The maximum Gasteiger partial charge on any atom is 0.337 e. The van der Waals surface area contributed by atoms with E-state index in [1.165, 1.54) is 12.1 Å². The van der Waals surface area contributed by atoms with E-state index in [1.807, 2.05) is 0 Å². The third kappa shape index (κ3) is 5.71. The summed E-state index contributed by atoms with van der Waals surface area (Å²) in [7, 11) is 0. The Morgan fingerprint density at radius 2 is 1.86 bits per heavy atom. The minimum absolute atomic E-state index is 0.0170. The molecule has 21 heavy (non-hydrogen) atoms. The van der Waals surface area contributed by atoms with Gasteiger partial charge in [-0.05, 0) is 19.1 Å². The average Bonchev–Trinajstić information content (AvgIpc) is 2.41. The highest BCUT2D eigenvalue weighted by Crippen LogP contribution is 2.31. The van der Waals surface area contributed by atoms with Crippen LogP contribution in [0.15, 0.2) is 12.1 Å². The van der Waals surface area contributed by atoms with Crippen LogP contribution in [0.25, 0.3) is 0 Å². The van der Waals surface area contributed by atoms with Gasteiger partial charge < -0.3 is 14.2 Å². The second-order valence-electron chi connectivity index (χ2n) is 3.70. The zero-order chi connectivity index (χ0) is 15.8. The van der Waals surface area contributed by atoms with E-state index in [0.29, 0.717) is 6.29 Å². The van der Waals surface area contributed by atoms with Gasteiger partial charge in [0.15, 0.2) is 12.0 Å². The molecule has 0 saturated carbocycles. The number of rotatable bonds is 7. The molecule has 0 aliphatic rings. The van der Waals surface area contributed by atoms with Crippen LogP contribution in [0.5, 0.6) is 5.75 Å². The smallest absolute Gasteiger partial charge is 0.337 e. The molecule has 1 aromatic carbocycles. The second kappa shape index (κ2) is 8.61. The second-order valence-corrected chi connectivity index (χ2v) is 4.54. The van der Waals surface area contributed by atoms with Gasteiger partial charge in [-0.25, -0.2) is 9.59 Å². The predicted octanol–water partition coefficient (Wildman–Crippen LogP) is 2.29. The van der Waals surface area contributed by atoms with Crippen LogP contribution in [0, 0.1) is 0 Å². The molecule has 0 bridgehead atoms. The minimum atomic E-state index is -0.813. The normalized spacial score (nSPS) is 10.0. The molecule has 0 spiro atoms. The molecule has 114 valence electrons. The lowest BCUT2D eigenvalue weighted by atomic mass is 10.2. The van der Waals surface area contributed by atoms with E-state index < -0.39 is 18.5 Å². The predicted molar refractivity (Wildman–Crippen MR) is 74.9 cm³/mol. The van der Waals surface area contributed by atoms with Crippen LogP contribution in [-0.4, -0.2) is 38.0 Å². The summed E-state index contributed by atoms with van der Waals surface area (Å²) in [5.41, 5.74) is 0.0336. The lowest BCUT2D eigenvalue weighted by Crippen LogP contribution is -2.20. The van der Waals surface area contributed by atoms with Gasteiger partial charge in [-0.15, -0.1) is 0 Å². The van der Waals surface area contributed by atoms with Crippen molar-refractivity contribution in [3.63, 3.8) is 0 Å². The Labute approximate surface area is 130 Å². The molecule has 0 amide bonds. The Hall–Kier alpha value is -1.63. The zero-order valence-corrected chi connectivity index (χ0v) is 12.6. The highest BCUT2D eigenvalue weighted by molar-refractivity contribution is 6.36. The number of esters is 2. The van der Waals surface area contributed by atoms with Gasteiger partial charge in [-0.1, -0.05) is 23.2 Å². The summed E-state index contributed by atoms with van der Waals surface area (Å²) in [6.45, 7) is 0.999. The summed E-state index contributed by atoms with van der Waals surface area (Å²) in [6.07, 6.45) is 0.458. The highest BCUT2D eigenvalue weighted by Gasteiger charge is 2.15. The largest absolute Gasteiger partial charge is 0.464 e. The van der Waals surface area contributed by atoms with Crippen LogP contribution in [0.3, 0.4) is 0 Å². The topological polar surface area (TPSA) is 78.9 Å². The number of aldehydes is 1. The summed E-state index contributed by atoms with van der Waals surface area (Å²) in [6, 6.07) is 2.64. The van der Waals surface area contributed by atoms with E-state index in [4.69, 9.17) is 32.7 Å². The molecular formula is C13H12Cl2O6. The first-order valence-electron chi connectivity index (χ1n) is 5.86. The zero-order valence-electron chi connectivity index (χ0n) is 11.1. The standard InChI is InChI=1S/C13H12Cl2O6/c1-2-20-11(17)6-19-7-12(18)21-13-8(5-16)3-9(14)4-10(13)15/h3-5H,2,6-7H2,1H3. The van der Waals surface area contributed by atoms with Gasteiger partial charge in [0.1, 0.15) is 13.2 Å². The molecule has 0 N–H and O–H groups in total. The van der Waals surface area contributed by atoms with E-state index in [1.54, 1.807) is 6.92 Å². The summed E-state index contributed by atoms with van der Waals surface area (Å²) in [4.78, 5) is 33.4. The number of halogens is 2. The lowest BCUT2D eigenvalue weighted by Gasteiger charge is -2.09. The molecule has 0 radical (unpaired) electrons. The summed E-state index contributed by atoms with van der Waals surface area (Å²) < 4.78 is 14.4. The van der Waals surface area contributed by atoms with Crippen LogP contribution in [0.2, 0.25) is 10.0 Å². The average molecular weight is 335 g/mol. The Morgan fingerprint density at radius 1 is 1.19 bits per heavy atom. The molecule has 0 unspecified atom stereocenters. The number of benzene rings is 1. The van der Waals surface area contributed by atoms with Gasteiger partial charge >= 0.3 is 11.9 Å². The maximum atomic E-state index is 11.6. The van der Waals surface area contributed by atoms with Crippen LogP contribution in [-0.2, 0) is 19.1 Å². The molecule has 0 fully saturated rings. The number of carbonyl (C=O) groups is 3. The lowest BCUT2D eigenvalue weighted by molar-refractivity contribution is -0.151. The SMILES string of the molecule is CCOC(=O)COCC(=O)Oc1c(Cl)cc(Cl)cc1C=O. The van der Waals surface area contributed by atoms with Crippen molar-refractivity contribution in [2.45, 2.75) is 6.92 Å². The van der Waals surface area contributed by atoms with Gasteiger partial charge in [0.2, 0.25) is 0 Å². The summed E-state index contributed by atoms with van der Waals surface area (Å²) in [5, 5.41) is 0.254. The molecular weight excluding hydrogens is 323 g/mol. The van der Waals surface area contributed by atoms with Crippen molar-refractivity contribution < 1.29 is 28.6 Å². The maximum absolute atomic E-state index is 11.6. The Morgan fingerprint density at radius 3 is 2.48 bits per heavy atom. The van der Waals surface area contributed by atoms with E-state index >= 15 is 0 Å². The molecule has 0 atom stereocenters. The van der Waals surface area contributed by atoms with E-state index in [-0.39, 0.29) is 34.6 Å². The van der Waals surface area contributed by atoms with E-state index in [0.717, 1.165) is 0 Å². The van der Waals surface area contributed by atoms with Crippen LogP contribution >= 0.6 is 23.2 Å². The fourth-order valence-electron chi connectivity index (χ4n) is 1.34. The molecule has 1 rings (SSSR count). The number of hydrogen-bond acceptors (Lipinski definition) is 6. The van der Waals surface area contributed by atoms with E-state index in [2.05, 4.69) is 4.74 Å². The van der Waals surface area contributed by atoms with Crippen LogP contribution in [0.1, 0.15) is 17.3 Å². The number of ether oxygens (including phenoxy) is 3. The van der Waals surface area contributed by atoms with E-state index in [9.17, 15) is 14.4 Å². The molecule has 0 aromatic heterocycles. The fourth-order valence-corrected chi connectivity index (χ4v) is 1.89. The molecule has 0 aliphatic carbocycles. The Bertz CT molecular complexity index is 544. The molecule has 1 aromatic rings. The first kappa shape index (κ1) is 17.4. The first-order chi connectivity index (χ1) is 9.97. The minimum Gasteiger partial charge on any atom is -0.464 e. The summed E-state index contributed by atoms with van der Waals surface area (Å²) >= 11 is 11.6. The van der Waals surface area contributed by atoms with Crippen LogP contribution < -0.4 is 4.74 Å². The Balaban J connectivity index is 2.59. The van der Waals surface area contributed by atoms with Gasteiger partial charge in [0.05, 0.1) is 17.2 Å². The highest BCUT2D eigenvalue weighted by atomic mass is 35.5. The quantitative estimate of drug-likeness (QED) is 0.432. The van der Waals surface area contributed by atoms with Gasteiger partial charge in [0, 0.05) is 5.02 Å². The third-order valence-electron chi connectivity index (χ3n) is 2.13. The van der Waals surface area contributed by atoms with Gasteiger partial charge in [-0.3, -0.25) is 4.79 Å².